The summed E-state index contributed by atoms with van der Waals surface area (Å²) in [6.45, 7) is 4.22. The number of benzene rings is 3. The van der Waals surface area contributed by atoms with Gasteiger partial charge in [-0.3, -0.25) is 4.79 Å². The quantitative estimate of drug-likeness (QED) is 0.249. The van der Waals surface area contributed by atoms with Crippen LogP contribution in [-0.2, 0) is 4.79 Å². The number of amides is 1. The lowest BCUT2D eigenvalue weighted by Gasteiger charge is -2.08. The van der Waals surface area contributed by atoms with Crippen LogP contribution in [0.15, 0.2) is 90.6 Å². The van der Waals surface area contributed by atoms with Crippen molar-refractivity contribution < 1.29 is 4.79 Å². The highest BCUT2D eigenvalue weighted by Gasteiger charge is 2.15. The molecule has 0 aliphatic rings. The van der Waals surface area contributed by atoms with Crippen LogP contribution >= 0.6 is 11.6 Å². The van der Waals surface area contributed by atoms with Crippen molar-refractivity contribution in [1.29, 1.82) is 5.26 Å². The molecular weight excluding hydrogens is 444 g/mol. The summed E-state index contributed by atoms with van der Waals surface area (Å²) in [4.78, 5) is 12.9. The van der Waals surface area contributed by atoms with Crippen molar-refractivity contribution in [2.24, 2.45) is 0 Å². The number of aromatic nitrogens is 2. The molecule has 6 heteroatoms. The van der Waals surface area contributed by atoms with Crippen LogP contribution in [0, 0.1) is 11.3 Å². The maximum absolute atomic E-state index is 12.9. The Bertz CT molecular complexity index is 1360. The van der Waals surface area contributed by atoms with Crippen molar-refractivity contribution in [3.63, 3.8) is 0 Å². The Labute approximate surface area is 203 Å². The highest BCUT2D eigenvalue weighted by Crippen LogP contribution is 2.27. The minimum absolute atomic E-state index is 0.0178. The summed E-state index contributed by atoms with van der Waals surface area (Å²) in [6, 6.07) is 26.6. The Balaban J connectivity index is 1.70. The van der Waals surface area contributed by atoms with E-state index < -0.39 is 5.91 Å². The van der Waals surface area contributed by atoms with Gasteiger partial charge in [0.05, 0.1) is 11.4 Å². The normalized spacial score (nSPS) is 11.3. The molecule has 1 amide bonds. The second-order valence-corrected chi connectivity index (χ2v) is 8.56. The summed E-state index contributed by atoms with van der Waals surface area (Å²) < 4.78 is 1.73. The number of halogens is 1. The minimum atomic E-state index is -0.477. The van der Waals surface area contributed by atoms with E-state index in [0.29, 0.717) is 27.9 Å². The van der Waals surface area contributed by atoms with Gasteiger partial charge in [0.25, 0.3) is 5.91 Å². The van der Waals surface area contributed by atoms with Gasteiger partial charge in [-0.15, -0.1) is 0 Å². The van der Waals surface area contributed by atoms with Crippen LogP contribution in [-0.4, -0.2) is 15.7 Å². The van der Waals surface area contributed by atoms with Gasteiger partial charge in [0.2, 0.25) is 0 Å². The van der Waals surface area contributed by atoms with E-state index in [0.717, 1.165) is 11.3 Å². The molecule has 4 aromatic rings. The molecule has 0 spiro atoms. The molecule has 0 unspecified atom stereocenters. The summed E-state index contributed by atoms with van der Waals surface area (Å²) in [6.07, 6.45) is 3.37. The molecule has 0 fully saturated rings. The topological polar surface area (TPSA) is 70.7 Å². The molecule has 0 bridgehead atoms. The standard InChI is InChI=1S/C28H23ClN4O/c1-19(2)20-10-14-25(15-11-20)31-28(34)22(17-30)16-23-18-33(26-6-4-3-5-7-26)32-27(23)21-8-12-24(29)13-9-21/h3-16,18-19H,1-2H3,(H,31,34). The Morgan fingerprint density at radius 1 is 1.03 bits per heavy atom. The van der Waals surface area contributed by atoms with E-state index in [1.54, 1.807) is 29.1 Å². The first-order chi connectivity index (χ1) is 16.4. The molecule has 0 aliphatic heterocycles. The van der Waals surface area contributed by atoms with Gasteiger partial charge in [0.1, 0.15) is 11.6 Å². The summed E-state index contributed by atoms with van der Waals surface area (Å²) in [5.41, 5.74) is 4.77. The van der Waals surface area contributed by atoms with Crippen molar-refractivity contribution in [2.75, 3.05) is 5.32 Å². The van der Waals surface area contributed by atoms with E-state index in [1.807, 2.05) is 72.8 Å². The van der Waals surface area contributed by atoms with Crippen molar-refractivity contribution >= 4 is 29.3 Å². The van der Waals surface area contributed by atoms with Crippen LogP contribution in [0.4, 0.5) is 5.69 Å². The first-order valence-electron chi connectivity index (χ1n) is 10.9. The minimum Gasteiger partial charge on any atom is -0.321 e. The fourth-order valence-electron chi connectivity index (χ4n) is 3.49. The lowest BCUT2D eigenvalue weighted by atomic mass is 10.0. The monoisotopic (exact) mass is 466 g/mol. The molecule has 0 atom stereocenters. The number of hydrogen-bond acceptors (Lipinski definition) is 3. The number of nitriles is 1. The molecule has 168 valence electrons. The average Bonchev–Trinajstić information content (AvgIpc) is 3.27. The summed E-state index contributed by atoms with van der Waals surface area (Å²) >= 11 is 6.06. The molecule has 0 radical (unpaired) electrons. The highest BCUT2D eigenvalue weighted by molar-refractivity contribution is 6.30. The molecule has 4 rings (SSSR count). The van der Waals surface area contributed by atoms with Crippen molar-refractivity contribution in [3.8, 4) is 23.0 Å². The first-order valence-corrected chi connectivity index (χ1v) is 11.3. The van der Waals surface area contributed by atoms with E-state index in [2.05, 4.69) is 19.2 Å². The number of nitrogens with zero attached hydrogens (tertiary/aromatic N) is 3. The first kappa shape index (κ1) is 23.0. The zero-order valence-electron chi connectivity index (χ0n) is 18.9. The lowest BCUT2D eigenvalue weighted by molar-refractivity contribution is -0.112. The molecular formula is C28H23ClN4O. The average molecular weight is 467 g/mol. The number of anilines is 1. The predicted octanol–water partition coefficient (Wildman–Crippen LogP) is 6.86. The number of rotatable bonds is 6. The Morgan fingerprint density at radius 2 is 1.71 bits per heavy atom. The maximum Gasteiger partial charge on any atom is 0.266 e. The third-order valence-corrected chi connectivity index (χ3v) is 5.63. The van der Waals surface area contributed by atoms with Gasteiger partial charge in [0, 0.05) is 28.0 Å². The zero-order valence-corrected chi connectivity index (χ0v) is 19.6. The SMILES string of the molecule is CC(C)c1ccc(NC(=O)C(C#N)=Cc2cn(-c3ccccc3)nc2-c2ccc(Cl)cc2)cc1. The lowest BCUT2D eigenvalue weighted by Crippen LogP contribution is -2.13. The number of carbonyl (C=O) groups excluding carboxylic acids is 1. The fourth-order valence-corrected chi connectivity index (χ4v) is 3.62. The van der Waals surface area contributed by atoms with E-state index in [4.69, 9.17) is 16.7 Å². The molecule has 3 aromatic carbocycles. The van der Waals surface area contributed by atoms with Crippen LogP contribution < -0.4 is 5.32 Å². The van der Waals surface area contributed by atoms with Gasteiger partial charge < -0.3 is 5.32 Å². The summed E-state index contributed by atoms with van der Waals surface area (Å²) in [5, 5.41) is 17.9. The predicted molar refractivity (Wildman–Crippen MR) is 137 cm³/mol. The van der Waals surface area contributed by atoms with Crippen molar-refractivity contribution in [1.82, 2.24) is 9.78 Å². The smallest absolute Gasteiger partial charge is 0.266 e. The van der Waals surface area contributed by atoms with Gasteiger partial charge in [-0.2, -0.15) is 10.4 Å². The highest BCUT2D eigenvalue weighted by atomic mass is 35.5. The molecule has 0 aliphatic carbocycles. The fraction of sp³-hybridized carbons (Fsp3) is 0.107. The number of hydrogen-bond donors (Lipinski definition) is 1. The Kier molecular flexibility index (Phi) is 6.91. The van der Waals surface area contributed by atoms with Crippen LogP contribution in [0.25, 0.3) is 23.0 Å². The van der Waals surface area contributed by atoms with E-state index >= 15 is 0 Å². The molecule has 34 heavy (non-hydrogen) atoms. The van der Waals surface area contributed by atoms with Crippen molar-refractivity contribution in [3.05, 3.63) is 107 Å². The molecule has 1 N–H and O–H groups in total. The molecule has 0 saturated heterocycles. The Morgan fingerprint density at radius 3 is 2.32 bits per heavy atom. The van der Waals surface area contributed by atoms with Crippen LogP contribution in [0.1, 0.15) is 30.9 Å². The third kappa shape index (κ3) is 5.25. The van der Waals surface area contributed by atoms with Crippen LogP contribution in [0.5, 0.6) is 0 Å². The maximum atomic E-state index is 12.9. The molecule has 0 saturated carbocycles. The van der Waals surface area contributed by atoms with Gasteiger partial charge in [-0.05, 0) is 54.0 Å². The number of carbonyl (C=O) groups is 1. The van der Waals surface area contributed by atoms with E-state index in [1.165, 1.54) is 5.56 Å². The molecule has 1 aromatic heterocycles. The number of nitrogens with one attached hydrogen (secondary N) is 1. The zero-order chi connectivity index (χ0) is 24.1. The molecule has 5 nitrogen and oxygen atoms in total. The van der Waals surface area contributed by atoms with E-state index in [-0.39, 0.29) is 5.57 Å². The second-order valence-electron chi connectivity index (χ2n) is 8.12. The van der Waals surface area contributed by atoms with Gasteiger partial charge in [0.15, 0.2) is 0 Å². The Hall–Kier alpha value is -4.14. The molecule has 1 heterocycles. The van der Waals surface area contributed by atoms with Crippen LogP contribution in [0.3, 0.4) is 0 Å². The van der Waals surface area contributed by atoms with Gasteiger partial charge in [-0.25, -0.2) is 4.68 Å². The van der Waals surface area contributed by atoms with Crippen molar-refractivity contribution in [2.45, 2.75) is 19.8 Å². The second kappa shape index (κ2) is 10.2. The summed E-state index contributed by atoms with van der Waals surface area (Å²) in [5.74, 6) is -0.0823. The third-order valence-electron chi connectivity index (χ3n) is 5.38. The van der Waals surface area contributed by atoms with Crippen LogP contribution in [0.2, 0.25) is 5.02 Å². The van der Waals surface area contributed by atoms with Gasteiger partial charge >= 0.3 is 0 Å². The summed E-state index contributed by atoms with van der Waals surface area (Å²) in [7, 11) is 0. The van der Waals surface area contributed by atoms with Gasteiger partial charge in [-0.1, -0.05) is 67.9 Å². The van der Waals surface area contributed by atoms with E-state index in [9.17, 15) is 10.1 Å². The largest absolute Gasteiger partial charge is 0.321 e. The number of para-hydroxylation sites is 1.